The van der Waals surface area contributed by atoms with Gasteiger partial charge in [-0.2, -0.15) is 0 Å². The second-order valence-corrected chi connectivity index (χ2v) is 8.23. The zero-order valence-electron chi connectivity index (χ0n) is 12.6. The molecule has 0 aromatic rings. The second kappa shape index (κ2) is 11.2. The molecule has 0 N–H and O–H groups in total. The lowest BCUT2D eigenvalue weighted by atomic mass is 10.0. The van der Waals surface area contributed by atoms with Gasteiger partial charge in [-0.05, 0) is 63.3 Å². The molecule has 1 heterocycles. The Morgan fingerprint density at radius 3 is 2.33 bits per heavy atom. The van der Waals surface area contributed by atoms with E-state index in [0.717, 1.165) is 17.5 Å². The van der Waals surface area contributed by atoms with Crippen molar-refractivity contribution in [2.45, 2.75) is 77.7 Å². The number of hydrogen-bond donors (Lipinski definition) is 0. The number of unbranched alkanes of at least 4 members (excludes halogenated alkanes) is 4. The third-order valence-corrected chi connectivity index (χ3v) is 6.55. The first-order valence-electron chi connectivity index (χ1n) is 8.12. The van der Waals surface area contributed by atoms with Gasteiger partial charge in [0.25, 0.3) is 0 Å². The van der Waals surface area contributed by atoms with Crippen molar-refractivity contribution in [3.05, 3.63) is 0 Å². The van der Waals surface area contributed by atoms with Crippen LogP contribution in [0.15, 0.2) is 0 Å². The predicted octanol–water partition coefficient (Wildman–Crippen LogP) is 4.55. The molecule has 18 heavy (non-hydrogen) atoms. The van der Waals surface area contributed by atoms with Gasteiger partial charge in [-0.3, -0.25) is 0 Å². The number of ether oxygens (including phenoxy) is 1. The molecule has 0 radical (unpaired) electrons. The molecule has 1 aliphatic rings. The Kier molecular flexibility index (Phi) is 10.1. The summed E-state index contributed by atoms with van der Waals surface area (Å²) < 4.78 is 5.77. The highest BCUT2D eigenvalue weighted by Gasteiger charge is 2.13. The van der Waals surface area contributed by atoms with Crippen molar-refractivity contribution < 1.29 is 4.74 Å². The molecule has 0 amide bonds. The Bertz CT molecular complexity index is 174. The molecule has 0 aliphatic carbocycles. The van der Waals surface area contributed by atoms with Gasteiger partial charge in [0, 0.05) is 6.61 Å². The van der Waals surface area contributed by atoms with Crippen molar-refractivity contribution in [3.63, 3.8) is 0 Å². The van der Waals surface area contributed by atoms with Gasteiger partial charge in [0.05, 0.1) is 6.10 Å². The highest BCUT2D eigenvalue weighted by molar-refractivity contribution is 7.96. The van der Waals surface area contributed by atoms with Crippen LogP contribution < -0.4 is 0 Å². The molecular weight excluding hydrogens is 240 g/mol. The Labute approximate surface area is 117 Å². The highest BCUT2D eigenvalue weighted by Crippen LogP contribution is 2.18. The van der Waals surface area contributed by atoms with Crippen molar-refractivity contribution in [1.82, 2.24) is 0 Å². The van der Waals surface area contributed by atoms with Crippen LogP contribution in [-0.4, -0.2) is 30.0 Å². The van der Waals surface area contributed by atoms with E-state index in [-0.39, 0.29) is 0 Å². The van der Waals surface area contributed by atoms with Crippen molar-refractivity contribution >= 4 is 10.9 Å². The van der Waals surface area contributed by atoms with Crippen LogP contribution in [0.4, 0.5) is 0 Å². The van der Waals surface area contributed by atoms with Crippen molar-refractivity contribution in [3.8, 4) is 0 Å². The predicted molar refractivity (Wildman–Crippen MR) is 84.6 cm³/mol. The van der Waals surface area contributed by atoms with Crippen LogP contribution in [0.5, 0.6) is 0 Å². The van der Waals surface area contributed by atoms with Crippen LogP contribution in [0, 0.1) is 0 Å². The zero-order chi connectivity index (χ0) is 13.1. The molecule has 1 nitrogen and oxygen atoms in total. The summed E-state index contributed by atoms with van der Waals surface area (Å²) in [6.45, 7) is 5.70. The van der Waals surface area contributed by atoms with Crippen LogP contribution in [0.25, 0.3) is 0 Å². The minimum absolute atomic E-state index is 0.602. The van der Waals surface area contributed by atoms with E-state index < -0.39 is 0 Å². The van der Waals surface area contributed by atoms with Gasteiger partial charge in [0.1, 0.15) is 17.3 Å². The van der Waals surface area contributed by atoms with E-state index in [1.807, 2.05) is 0 Å². The van der Waals surface area contributed by atoms with Gasteiger partial charge in [-0.15, -0.1) is 0 Å². The Morgan fingerprint density at radius 1 is 0.944 bits per heavy atom. The van der Waals surface area contributed by atoms with Crippen LogP contribution in [0.3, 0.4) is 0 Å². The van der Waals surface area contributed by atoms with Crippen LogP contribution in [0.1, 0.15) is 71.6 Å². The van der Waals surface area contributed by atoms with Crippen molar-refractivity contribution in [1.29, 1.82) is 0 Å². The molecule has 0 saturated carbocycles. The standard InChI is InChI=1S/C16H33OS/c1-3-18(4-2)15-11-7-5-6-8-12-16-13-9-10-14-17-16/h16H,3-15H2,1-2H3/q+1. The lowest BCUT2D eigenvalue weighted by molar-refractivity contribution is 0.00977. The minimum Gasteiger partial charge on any atom is -0.378 e. The first kappa shape index (κ1) is 16.4. The quantitative estimate of drug-likeness (QED) is 0.419. The summed E-state index contributed by atoms with van der Waals surface area (Å²) >= 11 is 0. The van der Waals surface area contributed by atoms with Gasteiger partial charge in [0.2, 0.25) is 0 Å². The van der Waals surface area contributed by atoms with Gasteiger partial charge in [-0.25, -0.2) is 0 Å². The Balaban J connectivity index is 1.83. The van der Waals surface area contributed by atoms with E-state index in [2.05, 4.69) is 13.8 Å². The van der Waals surface area contributed by atoms with Gasteiger partial charge in [0.15, 0.2) is 0 Å². The molecule has 0 aromatic heterocycles. The lowest BCUT2D eigenvalue weighted by Gasteiger charge is -2.22. The SMILES string of the molecule is CC[S+](CC)CCCCCCCC1CCCCO1. The van der Waals surface area contributed by atoms with E-state index in [4.69, 9.17) is 4.74 Å². The van der Waals surface area contributed by atoms with E-state index in [1.165, 1.54) is 75.0 Å². The van der Waals surface area contributed by atoms with Gasteiger partial charge < -0.3 is 4.74 Å². The molecule has 0 spiro atoms. The topological polar surface area (TPSA) is 9.23 Å². The fraction of sp³-hybridized carbons (Fsp3) is 1.00. The average molecular weight is 274 g/mol. The fourth-order valence-corrected chi connectivity index (χ4v) is 4.33. The first-order chi connectivity index (χ1) is 8.86. The maximum Gasteiger partial charge on any atom is 0.108 e. The zero-order valence-corrected chi connectivity index (χ0v) is 13.4. The molecule has 2 heteroatoms. The van der Waals surface area contributed by atoms with Crippen molar-refractivity contribution in [2.75, 3.05) is 23.9 Å². The number of rotatable bonds is 10. The summed E-state index contributed by atoms with van der Waals surface area (Å²) in [5.41, 5.74) is 0. The summed E-state index contributed by atoms with van der Waals surface area (Å²) in [7, 11) is 0.731. The highest BCUT2D eigenvalue weighted by atomic mass is 32.2. The average Bonchev–Trinajstić information content (AvgIpc) is 2.43. The first-order valence-corrected chi connectivity index (χ1v) is 9.85. The second-order valence-electron chi connectivity index (χ2n) is 5.44. The summed E-state index contributed by atoms with van der Waals surface area (Å²) in [6, 6.07) is 0. The van der Waals surface area contributed by atoms with Crippen LogP contribution in [-0.2, 0) is 15.6 Å². The molecule has 1 rings (SSSR count). The van der Waals surface area contributed by atoms with Gasteiger partial charge in [-0.1, -0.05) is 19.3 Å². The maximum atomic E-state index is 5.77. The minimum atomic E-state index is 0.602. The summed E-state index contributed by atoms with van der Waals surface area (Å²) in [5.74, 6) is 4.28. The Morgan fingerprint density at radius 2 is 1.67 bits per heavy atom. The molecule has 1 atom stereocenters. The largest absolute Gasteiger partial charge is 0.378 e. The fourth-order valence-electron chi connectivity index (χ4n) is 2.74. The summed E-state index contributed by atoms with van der Waals surface area (Å²) in [6.07, 6.45) is 13.1. The lowest BCUT2D eigenvalue weighted by Crippen LogP contribution is -2.18. The molecule has 1 fully saturated rings. The molecule has 0 aromatic carbocycles. The van der Waals surface area contributed by atoms with E-state index in [9.17, 15) is 0 Å². The molecule has 1 unspecified atom stereocenters. The van der Waals surface area contributed by atoms with E-state index in [1.54, 1.807) is 0 Å². The maximum absolute atomic E-state index is 5.77. The third kappa shape index (κ3) is 7.68. The molecule has 1 saturated heterocycles. The monoisotopic (exact) mass is 273 g/mol. The third-order valence-electron chi connectivity index (χ3n) is 4.05. The summed E-state index contributed by atoms with van der Waals surface area (Å²) in [5, 5.41) is 0. The summed E-state index contributed by atoms with van der Waals surface area (Å²) in [4.78, 5) is 0. The van der Waals surface area contributed by atoms with E-state index >= 15 is 0 Å². The molecule has 0 bridgehead atoms. The molecular formula is C16H33OS+. The molecule has 1 aliphatic heterocycles. The Hall–Kier alpha value is 0.310. The van der Waals surface area contributed by atoms with Crippen LogP contribution in [0.2, 0.25) is 0 Å². The smallest absolute Gasteiger partial charge is 0.108 e. The number of hydrogen-bond acceptors (Lipinski definition) is 1. The van der Waals surface area contributed by atoms with Crippen LogP contribution >= 0.6 is 0 Å². The normalized spacial score (nSPS) is 20.5. The van der Waals surface area contributed by atoms with Gasteiger partial charge >= 0.3 is 0 Å². The van der Waals surface area contributed by atoms with Crippen molar-refractivity contribution in [2.24, 2.45) is 0 Å². The molecule has 108 valence electrons. The van der Waals surface area contributed by atoms with E-state index in [0.29, 0.717) is 6.10 Å².